The number of rotatable bonds is 19. The highest BCUT2D eigenvalue weighted by atomic mass is 79.9. The fraction of sp³-hybridized carbons (Fsp3) is 0.655. The van der Waals surface area contributed by atoms with Gasteiger partial charge in [-0.15, -0.1) is 24.8 Å². The Balaban J connectivity index is 0.000000157. The van der Waals surface area contributed by atoms with Crippen LogP contribution < -0.4 is 16.5 Å². The molecule has 0 bridgehead atoms. The first-order chi connectivity index (χ1) is 69.2. The minimum absolute atomic E-state index is 0. The molecule has 27 nitrogen and oxygen atoms in total. The second-order valence-corrected chi connectivity index (χ2v) is 51.6. The summed E-state index contributed by atoms with van der Waals surface area (Å²) < 4.78 is 49.5. The summed E-state index contributed by atoms with van der Waals surface area (Å²) in [6, 6.07) is 20.2. The van der Waals surface area contributed by atoms with Gasteiger partial charge in [-0.3, -0.25) is 38.7 Å². The van der Waals surface area contributed by atoms with Crippen molar-refractivity contribution < 1.29 is 42.3 Å². The van der Waals surface area contributed by atoms with Crippen molar-refractivity contribution in [2.45, 2.75) is 321 Å². The van der Waals surface area contributed by atoms with Crippen LogP contribution in [0, 0.1) is 95.7 Å². The van der Waals surface area contributed by atoms with Crippen molar-refractivity contribution in [3.63, 3.8) is 0 Å². The van der Waals surface area contributed by atoms with Gasteiger partial charge in [0.05, 0.1) is 34.0 Å². The van der Waals surface area contributed by atoms with E-state index in [2.05, 4.69) is 201 Å². The van der Waals surface area contributed by atoms with E-state index >= 15 is 0 Å². The molecule has 5 aliphatic carbocycles. The van der Waals surface area contributed by atoms with Crippen LogP contribution in [0.1, 0.15) is 285 Å². The van der Waals surface area contributed by atoms with Crippen LogP contribution in [0.4, 0.5) is 18.8 Å². The Morgan fingerprint density at radius 2 is 0.711 bits per heavy atom. The summed E-state index contributed by atoms with van der Waals surface area (Å²) in [5.41, 5.74) is 24.0. The van der Waals surface area contributed by atoms with Gasteiger partial charge in [-0.2, -0.15) is 24.8 Å². The minimum Gasteiger partial charge on any atom is -0.444 e. The number of ether oxygens (including phenoxy) is 3. The van der Waals surface area contributed by atoms with Gasteiger partial charge < -0.3 is 54.2 Å². The van der Waals surface area contributed by atoms with E-state index < -0.39 is 22.8 Å². The Labute approximate surface area is 917 Å². The van der Waals surface area contributed by atoms with Gasteiger partial charge in [0.15, 0.2) is 0 Å². The van der Waals surface area contributed by atoms with E-state index in [4.69, 9.17) is 39.2 Å². The van der Waals surface area contributed by atoms with Crippen molar-refractivity contribution in [2.24, 2.45) is 96.0 Å². The van der Waals surface area contributed by atoms with Crippen LogP contribution in [0.2, 0.25) is 0 Å². The number of nitrogens with one attached hydrogen (secondary N) is 1. The summed E-state index contributed by atoms with van der Waals surface area (Å²) in [7, 11) is 7.48. The van der Waals surface area contributed by atoms with Crippen LogP contribution >= 0.6 is 56.7 Å². The maximum atomic E-state index is 12.3. The molecule has 5 spiro atoms. The maximum absolute atomic E-state index is 12.3. The lowest BCUT2D eigenvalue weighted by molar-refractivity contribution is 0.00578. The largest absolute Gasteiger partial charge is 0.498 e. The van der Waals surface area contributed by atoms with E-state index in [0.717, 1.165) is 188 Å². The number of piperidine rings is 5. The van der Waals surface area contributed by atoms with Crippen molar-refractivity contribution in [1.29, 1.82) is 0 Å². The lowest BCUT2D eigenvalue weighted by Crippen LogP contribution is -2.42. The number of pyridine rings is 5. The highest BCUT2D eigenvalue weighted by Crippen LogP contribution is 2.65. The number of carbonyl (C=O) groups excluding carboxylic acids is 3. The topological polar surface area (TPSA) is 284 Å². The van der Waals surface area contributed by atoms with Gasteiger partial charge >= 0.3 is 25.4 Å². The monoisotopic (exact) mass is 2220 g/mol. The molecule has 11 aliphatic rings. The Morgan fingerprint density at radius 1 is 0.416 bits per heavy atom. The number of hydrogen-bond acceptors (Lipinski definition) is 20. The molecule has 11 fully saturated rings. The molecule has 6 aliphatic heterocycles. The third kappa shape index (κ3) is 33.2. The molecule has 149 heavy (non-hydrogen) atoms. The van der Waals surface area contributed by atoms with E-state index in [9.17, 15) is 18.8 Å². The molecule has 0 radical (unpaired) electrons. The number of nitrogens with two attached hydrogens (primary N) is 1. The number of amides is 3. The quantitative estimate of drug-likeness (QED) is 0.0432. The predicted molar refractivity (Wildman–Crippen MR) is 604 cm³/mol. The SMILES string of the molecule is CC(C)(C)OC(=O)N1CCC2(CC1)CC2CCc1ccc(Br)cn1.CC(C)(C)OC(=O)N1CCC2(CC1)CC2CN.Cc1nn(C)cc1-c1ccc(CCC2CC23CCN(C(=O)OC(C)(C)C)CC3)nc1.Cc1nn(C)cc1-c1ccc(CCC2CC23CCN(CCC(C)(C)C)CC3)nc1.Cc1nn(C)cc1-c1ccc(CCC2CC23CCNCC3)nc1.Cc1nn(C)cc1B1OC(C)(C)C(C)(C)O1.Cl.Cl.Fc1ccc(Br)cn1. The lowest BCUT2D eigenvalue weighted by Gasteiger charge is -2.34. The number of likely N-dealkylation sites (tertiary alicyclic amines) is 4. The number of aryl methyl sites for hydroxylation is 12. The first-order valence-electron chi connectivity index (χ1n) is 54.4. The summed E-state index contributed by atoms with van der Waals surface area (Å²) in [6.07, 6.45) is 46.5. The molecular weight excluding hydrogens is 2050 g/mol. The molecule has 33 heteroatoms. The summed E-state index contributed by atoms with van der Waals surface area (Å²) in [5, 5.41) is 21.1. The molecule has 5 atom stereocenters. The van der Waals surface area contributed by atoms with Crippen molar-refractivity contribution in [3.05, 3.63) is 177 Å². The van der Waals surface area contributed by atoms with Crippen LogP contribution in [0.5, 0.6) is 0 Å². The summed E-state index contributed by atoms with van der Waals surface area (Å²) >= 11 is 6.54. The fourth-order valence-corrected chi connectivity index (χ4v) is 23.5. The zero-order valence-electron chi connectivity index (χ0n) is 93.8. The van der Waals surface area contributed by atoms with E-state index in [1.165, 1.54) is 174 Å². The predicted octanol–water partition coefficient (Wildman–Crippen LogP) is 23.8. The zero-order valence-corrected chi connectivity index (χ0v) is 98.6. The molecule has 6 saturated heterocycles. The van der Waals surface area contributed by atoms with Crippen LogP contribution in [-0.2, 0) is 77.4 Å². The number of nitrogens with zero attached hydrogens (tertiary/aromatic N) is 17. The maximum Gasteiger partial charge on any atom is 0.498 e. The molecule has 5 saturated carbocycles. The second kappa shape index (κ2) is 49.7. The fourth-order valence-electron chi connectivity index (χ4n) is 23.1. The molecule has 3 N–H and O–H groups in total. The molecule has 818 valence electrons. The summed E-state index contributed by atoms with van der Waals surface area (Å²) in [6.45, 7) is 52.7. The molecule has 20 rings (SSSR count). The average Bonchev–Trinajstić information content (AvgIpc) is 1.64. The first kappa shape index (κ1) is 119. The van der Waals surface area contributed by atoms with Crippen molar-refractivity contribution in [1.82, 2.24) is 89.0 Å². The highest BCUT2D eigenvalue weighted by Gasteiger charge is 2.59. The van der Waals surface area contributed by atoms with Gasteiger partial charge in [0.1, 0.15) is 16.8 Å². The molecule has 5 unspecified atom stereocenters. The second-order valence-electron chi connectivity index (χ2n) is 49.7. The van der Waals surface area contributed by atoms with E-state index in [0.29, 0.717) is 38.4 Å². The van der Waals surface area contributed by atoms with Crippen molar-refractivity contribution >= 4 is 87.5 Å². The number of carbonyl (C=O) groups is 3. The summed E-state index contributed by atoms with van der Waals surface area (Å²) in [5.74, 6) is 3.67. The van der Waals surface area contributed by atoms with Crippen LogP contribution in [0.3, 0.4) is 0 Å². The molecule has 15 heterocycles. The van der Waals surface area contributed by atoms with Gasteiger partial charge in [0.25, 0.3) is 0 Å². The van der Waals surface area contributed by atoms with Crippen molar-refractivity contribution in [3.8, 4) is 33.4 Å². The summed E-state index contributed by atoms with van der Waals surface area (Å²) in [4.78, 5) is 66.6. The molecule has 9 aromatic rings. The molecule has 0 aromatic carbocycles. The standard InChI is InChI=1S/C25H38N4.C24H34N4O2.C19H27BrN2O2.C19H26N4.C13H24N2O2.C11H19BN2O2.C5H3BrFN.2ClH/c1-19-23(18-28(5)27-19)20-6-8-22(26-17-20)9-7-21-16-25(21)11-14-29(15-12-25)13-10-24(2,3)4;1-17-21(16-27(5)26-17)18-6-8-20(25-15-18)9-7-19-14-24(19)10-12-28(13-11-24)22(29)30-23(2,3)4;1-18(2,3)24-17(23)22-10-8-19(9-11-22)12-14(19)4-6-16-7-5-15(20)13-21-16;1-14-18(13-23(2)22-14)15-3-5-17(21-12-15)6-4-16-11-19(16)7-9-20-10-8-19;1-12(2,3)17-11(16)15-6-4-13(5-7-15)8-10(13)9-14;1-8-9(7-14(6)13-8)12-15-10(2,3)11(4,5)16-12;6-4-1-2-5(7)8-3-4;;/h6,8,17-18,21H,7,9-16H2,1-5H3;6,8,15-16,19H,7,9-14H2,1-5H3;5,7,13-14H,4,6,8-12H2,1-3H3;3,5,12-13,16,20H,4,6-11H2,1-2H3;10H,4-9,14H2,1-3H3;7H,1-6H3;1-3H;2*1H. The third-order valence-electron chi connectivity index (χ3n) is 33.4. The highest BCUT2D eigenvalue weighted by molar-refractivity contribution is 9.10. The van der Waals surface area contributed by atoms with Crippen LogP contribution in [0.25, 0.3) is 33.4 Å². The van der Waals surface area contributed by atoms with Gasteiger partial charge in [-0.1, -0.05) is 39.0 Å². The van der Waals surface area contributed by atoms with Gasteiger partial charge in [-0.05, 0) is 447 Å². The Morgan fingerprint density at radius 3 is 0.973 bits per heavy atom. The number of halogens is 5. The Hall–Kier alpha value is -8.27. The van der Waals surface area contributed by atoms with Gasteiger partial charge in [0.2, 0.25) is 5.95 Å². The first-order valence-corrected chi connectivity index (χ1v) is 56.0. The van der Waals surface area contributed by atoms with Gasteiger partial charge in [0, 0.05) is 194 Å². The van der Waals surface area contributed by atoms with Gasteiger partial charge in [-0.25, -0.2) is 19.4 Å². The third-order valence-corrected chi connectivity index (χ3v) is 34.4. The normalized spacial score (nSPS) is 21.4. The van der Waals surface area contributed by atoms with E-state index in [1.807, 2.05) is 170 Å². The molecule has 3 amide bonds. The zero-order chi connectivity index (χ0) is 106. The Bertz CT molecular complexity index is 5780. The molecule has 9 aromatic heterocycles. The smallest absolute Gasteiger partial charge is 0.444 e. The van der Waals surface area contributed by atoms with E-state index in [1.54, 1.807) is 10.7 Å². The number of hydrogen-bond donors (Lipinski definition) is 2. The van der Waals surface area contributed by atoms with Crippen LogP contribution in [-0.4, -0.2) is 216 Å². The Kier molecular flexibility index (Phi) is 39.8. The average molecular weight is 2220 g/mol. The minimum atomic E-state index is -0.451. The van der Waals surface area contributed by atoms with Crippen molar-refractivity contribution in [2.75, 3.05) is 78.5 Å². The van der Waals surface area contributed by atoms with Crippen LogP contribution in [0.15, 0.2) is 125 Å². The number of aromatic nitrogens is 13. The van der Waals surface area contributed by atoms with E-state index in [-0.39, 0.29) is 61.4 Å². The lowest BCUT2D eigenvalue weighted by atomic mass is 9.79. The molecular formula is C116H173BBr2Cl2FN19O8.